The monoisotopic (exact) mass is 106 g/mol. The van der Waals surface area contributed by atoms with E-state index in [0.29, 0.717) is 6.54 Å². The van der Waals surface area contributed by atoms with Gasteiger partial charge in [-0.05, 0) is 6.54 Å². The predicted molar refractivity (Wildman–Crippen MR) is 33.2 cm³/mol. The summed E-state index contributed by atoms with van der Waals surface area (Å²) >= 11 is 0. The first-order valence-electron chi connectivity index (χ1n) is 2.59. The summed E-state index contributed by atoms with van der Waals surface area (Å²) in [5.41, 5.74) is 6.38. The highest BCUT2D eigenvalue weighted by Crippen LogP contribution is 1.92. The van der Waals surface area contributed by atoms with Gasteiger partial charge < -0.3 is 5.73 Å². The Balaban J connectivity index is 2.83. The minimum atomic E-state index is 0.584. The Morgan fingerprint density at radius 2 is 2.38 bits per heavy atom. The molecule has 0 aliphatic carbocycles. The van der Waals surface area contributed by atoms with Gasteiger partial charge in [-0.25, -0.2) is 0 Å². The molecule has 1 nitrogen and oxygen atoms in total. The highest BCUT2D eigenvalue weighted by Gasteiger charge is 1.71. The lowest BCUT2D eigenvalue weighted by Crippen LogP contribution is -1.94. The van der Waals surface area contributed by atoms with Gasteiger partial charge in [0.25, 0.3) is 0 Å². The van der Waals surface area contributed by atoms with E-state index in [1.165, 1.54) is 0 Å². The Bertz CT molecular complexity index is 146. The lowest BCUT2D eigenvalue weighted by molar-refractivity contribution is 1.07. The summed E-state index contributed by atoms with van der Waals surface area (Å²) in [4.78, 5) is 0. The maximum absolute atomic E-state index is 5.32. The van der Waals surface area contributed by atoms with Crippen LogP contribution >= 0.6 is 0 Å². The van der Waals surface area contributed by atoms with Crippen molar-refractivity contribution in [1.29, 1.82) is 0 Å². The largest absolute Gasteiger partial charge is 0.328 e. The van der Waals surface area contributed by atoms with Crippen LogP contribution in [0.15, 0.2) is 24.3 Å². The van der Waals surface area contributed by atoms with Crippen LogP contribution in [0.2, 0.25) is 0 Å². The molecule has 1 rings (SSSR count). The summed E-state index contributed by atoms with van der Waals surface area (Å²) in [6.07, 6.45) is 0. The van der Waals surface area contributed by atoms with E-state index in [1.54, 1.807) is 0 Å². The van der Waals surface area contributed by atoms with Crippen molar-refractivity contribution in [1.82, 2.24) is 0 Å². The normalized spacial score (nSPS) is 9.12. The average Bonchev–Trinajstić information content (AvgIpc) is 1.90. The van der Waals surface area contributed by atoms with Crippen molar-refractivity contribution in [3.05, 3.63) is 35.9 Å². The van der Waals surface area contributed by atoms with E-state index < -0.39 is 0 Å². The maximum atomic E-state index is 5.32. The third-order valence-corrected chi connectivity index (χ3v) is 0.993. The van der Waals surface area contributed by atoms with Gasteiger partial charge in [0.2, 0.25) is 0 Å². The van der Waals surface area contributed by atoms with Gasteiger partial charge in [-0.3, -0.25) is 0 Å². The quantitative estimate of drug-likeness (QED) is 0.530. The predicted octanol–water partition coefficient (Wildman–Crippen LogP) is 0.945. The number of benzene rings is 1. The van der Waals surface area contributed by atoms with Gasteiger partial charge in [0.15, 0.2) is 0 Å². The van der Waals surface area contributed by atoms with Gasteiger partial charge >= 0.3 is 0 Å². The maximum Gasteiger partial charge on any atom is -0.00495 e. The van der Waals surface area contributed by atoms with Crippen LogP contribution in [-0.2, 0) is 6.54 Å². The number of rotatable bonds is 1. The molecule has 0 aromatic heterocycles. The second-order valence-corrected chi connectivity index (χ2v) is 1.59. The molecule has 1 heteroatoms. The molecular formula is C7H8N-. The molecule has 0 radical (unpaired) electrons. The number of hydrogen-bond donors (Lipinski definition) is 1. The second kappa shape index (κ2) is 2.48. The molecule has 0 fully saturated rings. The fourth-order valence-electron chi connectivity index (χ4n) is 0.557. The zero-order chi connectivity index (χ0) is 5.82. The molecule has 0 saturated carbocycles. The molecule has 0 atom stereocenters. The highest BCUT2D eigenvalue weighted by molar-refractivity contribution is 5.11. The third kappa shape index (κ3) is 1.07. The Morgan fingerprint density at radius 3 is 2.75 bits per heavy atom. The average molecular weight is 106 g/mol. The molecule has 2 N–H and O–H groups in total. The van der Waals surface area contributed by atoms with E-state index >= 15 is 0 Å². The molecule has 8 heavy (non-hydrogen) atoms. The van der Waals surface area contributed by atoms with Crippen LogP contribution < -0.4 is 5.73 Å². The molecule has 0 unspecified atom stereocenters. The molecule has 0 heterocycles. The zero-order valence-corrected chi connectivity index (χ0v) is 4.59. The lowest BCUT2D eigenvalue weighted by atomic mass is 10.2. The zero-order valence-electron chi connectivity index (χ0n) is 4.59. The van der Waals surface area contributed by atoms with Crippen molar-refractivity contribution in [3.63, 3.8) is 0 Å². The summed E-state index contributed by atoms with van der Waals surface area (Å²) < 4.78 is 0. The minimum absolute atomic E-state index is 0.584. The van der Waals surface area contributed by atoms with Crippen molar-refractivity contribution < 1.29 is 0 Å². The van der Waals surface area contributed by atoms with E-state index in [1.807, 2.05) is 24.3 Å². The van der Waals surface area contributed by atoms with Crippen LogP contribution in [0, 0.1) is 6.07 Å². The third-order valence-electron chi connectivity index (χ3n) is 0.993. The molecule has 0 aliphatic rings. The van der Waals surface area contributed by atoms with Gasteiger partial charge in [-0.1, -0.05) is 0 Å². The van der Waals surface area contributed by atoms with Crippen molar-refractivity contribution in [2.45, 2.75) is 6.54 Å². The van der Waals surface area contributed by atoms with Crippen molar-refractivity contribution in [2.75, 3.05) is 0 Å². The van der Waals surface area contributed by atoms with Crippen LogP contribution in [0.1, 0.15) is 5.56 Å². The summed E-state index contributed by atoms with van der Waals surface area (Å²) in [5.74, 6) is 0. The summed E-state index contributed by atoms with van der Waals surface area (Å²) in [5, 5.41) is 0. The lowest BCUT2D eigenvalue weighted by Gasteiger charge is -1.99. The van der Waals surface area contributed by atoms with Gasteiger partial charge in [0.1, 0.15) is 0 Å². The van der Waals surface area contributed by atoms with E-state index in [2.05, 4.69) is 6.07 Å². The topological polar surface area (TPSA) is 26.0 Å². The van der Waals surface area contributed by atoms with E-state index in [4.69, 9.17) is 5.73 Å². The van der Waals surface area contributed by atoms with Gasteiger partial charge in [-0.15, -0.1) is 5.56 Å². The van der Waals surface area contributed by atoms with Crippen molar-refractivity contribution in [2.24, 2.45) is 5.73 Å². The molecule has 1 aromatic rings. The van der Waals surface area contributed by atoms with Gasteiger partial charge in [-0.2, -0.15) is 30.3 Å². The summed E-state index contributed by atoms with van der Waals surface area (Å²) in [6.45, 7) is 0.584. The standard InChI is InChI=1S/C7H8N/c8-6-7-4-2-1-3-5-7/h1-4H,6,8H2/q-1. The van der Waals surface area contributed by atoms with Gasteiger partial charge in [0, 0.05) is 0 Å². The van der Waals surface area contributed by atoms with E-state index in [9.17, 15) is 0 Å². The Kier molecular flexibility index (Phi) is 1.65. The number of hydrogen-bond acceptors (Lipinski definition) is 1. The van der Waals surface area contributed by atoms with Crippen LogP contribution in [0.5, 0.6) is 0 Å². The Labute approximate surface area is 49.1 Å². The first kappa shape index (κ1) is 5.32. The SMILES string of the molecule is NCc1[c-]cccc1. The first-order valence-corrected chi connectivity index (χ1v) is 2.59. The molecule has 42 valence electrons. The molecule has 0 amide bonds. The van der Waals surface area contributed by atoms with Crippen molar-refractivity contribution >= 4 is 0 Å². The van der Waals surface area contributed by atoms with Crippen LogP contribution in [0.4, 0.5) is 0 Å². The summed E-state index contributed by atoms with van der Waals surface area (Å²) in [7, 11) is 0. The molecule has 0 aliphatic heterocycles. The van der Waals surface area contributed by atoms with Crippen molar-refractivity contribution in [3.8, 4) is 0 Å². The Hall–Kier alpha value is -0.820. The highest BCUT2D eigenvalue weighted by atomic mass is 14.5. The second-order valence-electron chi connectivity index (χ2n) is 1.59. The Morgan fingerprint density at radius 1 is 1.50 bits per heavy atom. The van der Waals surface area contributed by atoms with Crippen LogP contribution in [0.3, 0.4) is 0 Å². The molecule has 1 aromatic carbocycles. The van der Waals surface area contributed by atoms with Gasteiger partial charge in [0.05, 0.1) is 0 Å². The smallest absolute Gasteiger partial charge is 0.00495 e. The summed E-state index contributed by atoms with van der Waals surface area (Å²) in [6, 6.07) is 10.7. The van der Waals surface area contributed by atoms with Crippen LogP contribution in [-0.4, -0.2) is 0 Å². The first-order chi connectivity index (χ1) is 3.93. The molecule has 0 bridgehead atoms. The fourth-order valence-corrected chi connectivity index (χ4v) is 0.557. The number of nitrogens with two attached hydrogens (primary N) is 1. The minimum Gasteiger partial charge on any atom is -0.328 e. The van der Waals surface area contributed by atoms with E-state index in [0.717, 1.165) is 5.56 Å². The fraction of sp³-hybridized carbons (Fsp3) is 0.143. The van der Waals surface area contributed by atoms with Crippen LogP contribution in [0.25, 0.3) is 0 Å². The molecule has 0 saturated heterocycles. The van der Waals surface area contributed by atoms with E-state index in [-0.39, 0.29) is 0 Å². The molecule has 0 spiro atoms. The molecular weight excluding hydrogens is 98.1 g/mol.